The van der Waals surface area contributed by atoms with E-state index in [0.717, 1.165) is 19.3 Å². The molecule has 0 aromatic rings. The van der Waals surface area contributed by atoms with Gasteiger partial charge >= 0.3 is 5.97 Å². The molecule has 0 bridgehead atoms. The summed E-state index contributed by atoms with van der Waals surface area (Å²) < 4.78 is 16.1. The summed E-state index contributed by atoms with van der Waals surface area (Å²) in [7, 11) is 0. The van der Waals surface area contributed by atoms with Gasteiger partial charge in [-0.25, -0.2) is 0 Å². The van der Waals surface area contributed by atoms with Gasteiger partial charge in [0.2, 0.25) is 0 Å². The van der Waals surface area contributed by atoms with E-state index in [-0.39, 0.29) is 24.7 Å². The first kappa shape index (κ1) is 15.0. The molecule has 0 aromatic carbocycles. The predicted octanol–water partition coefficient (Wildman–Crippen LogP) is 0.812. The van der Waals surface area contributed by atoms with Crippen LogP contribution in [-0.2, 0) is 19.0 Å². The summed E-state index contributed by atoms with van der Waals surface area (Å²) in [6, 6.07) is -0.135. The molecule has 1 heterocycles. The van der Waals surface area contributed by atoms with Crippen LogP contribution in [0.15, 0.2) is 0 Å². The first-order valence-corrected chi connectivity index (χ1v) is 6.23. The summed E-state index contributed by atoms with van der Waals surface area (Å²) in [6.07, 6.45) is 7.63. The molecule has 0 aromatic heterocycles. The molecular weight excluding hydrogens is 234 g/mol. The molecule has 0 aliphatic carbocycles. The van der Waals surface area contributed by atoms with Gasteiger partial charge in [0, 0.05) is 13.3 Å². The Kier molecular flexibility index (Phi) is 6.73. The highest BCUT2D eigenvalue weighted by atomic mass is 16.7. The molecule has 18 heavy (non-hydrogen) atoms. The third-order valence-electron chi connectivity index (χ3n) is 2.72. The van der Waals surface area contributed by atoms with Gasteiger partial charge in [0.25, 0.3) is 0 Å². The minimum atomic E-state index is -0.433. The number of ether oxygens (including phenoxy) is 3. The molecule has 3 atom stereocenters. The van der Waals surface area contributed by atoms with Crippen LogP contribution in [0.2, 0.25) is 0 Å². The smallest absolute Gasteiger partial charge is 0.302 e. The van der Waals surface area contributed by atoms with Crippen LogP contribution in [0.1, 0.15) is 32.6 Å². The topological polar surface area (TPSA) is 70.8 Å². The third kappa shape index (κ3) is 5.50. The highest BCUT2D eigenvalue weighted by Gasteiger charge is 2.29. The van der Waals surface area contributed by atoms with Crippen LogP contribution < -0.4 is 5.73 Å². The second-order valence-electron chi connectivity index (χ2n) is 4.35. The number of hydrogen-bond acceptors (Lipinski definition) is 5. The molecule has 5 nitrogen and oxygen atoms in total. The third-order valence-corrected chi connectivity index (χ3v) is 2.72. The van der Waals surface area contributed by atoms with Gasteiger partial charge in [-0.2, -0.15) is 0 Å². The molecule has 102 valence electrons. The van der Waals surface area contributed by atoms with Gasteiger partial charge in [-0.1, -0.05) is 0 Å². The normalized spacial score (nSPS) is 27.5. The number of esters is 1. The summed E-state index contributed by atoms with van der Waals surface area (Å²) in [5.74, 6) is 2.24. The van der Waals surface area contributed by atoms with Crippen LogP contribution in [0.4, 0.5) is 0 Å². The Labute approximate surface area is 108 Å². The lowest BCUT2D eigenvalue weighted by Gasteiger charge is -2.34. The van der Waals surface area contributed by atoms with Crippen LogP contribution in [0.25, 0.3) is 0 Å². The Morgan fingerprint density at radius 3 is 3.00 bits per heavy atom. The summed E-state index contributed by atoms with van der Waals surface area (Å²) in [6.45, 7) is 2.16. The number of carbonyl (C=O) groups excluding carboxylic acids is 1. The summed E-state index contributed by atoms with van der Waals surface area (Å²) in [5.41, 5.74) is 5.91. The second kappa shape index (κ2) is 8.09. The predicted molar refractivity (Wildman–Crippen MR) is 66.5 cm³/mol. The minimum absolute atomic E-state index is 0.133. The fraction of sp³-hybridized carbons (Fsp3) is 0.769. The second-order valence-corrected chi connectivity index (χ2v) is 4.35. The van der Waals surface area contributed by atoms with Crippen molar-refractivity contribution in [3.8, 4) is 12.3 Å². The molecule has 1 fully saturated rings. The molecule has 0 radical (unpaired) electrons. The molecule has 0 spiro atoms. The minimum Gasteiger partial charge on any atom is -0.463 e. The van der Waals surface area contributed by atoms with Gasteiger partial charge in [-0.05, 0) is 19.3 Å². The molecule has 2 N–H and O–H groups in total. The zero-order valence-electron chi connectivity index (χ0n) is 10.8. The van der Waals surface area contributed by atoms with Gasteiger partial charge in [0.15, 0.2) is 6.29 Å². The lowest BCUT2D eigenvalue weighted by Crippen LogP contribution is -2.47. The largest absolute Gasteiger partial charge is 0.463 e. The van der Waals surface area contributed by atoms with Gasteiger partial charge in [-0.3, -0.25) is 4.79 Å². The van der Waals surface area contributed by atoms with Gasteiger partial charge in [0.1, 0.15) is 6.61 Å². The summed E-state index contributed by atoms with van der Waals surface area (Å²) >= 11 is 0. The molecular formula is C13H21NO4. The van der Waals surface area contributed by atoms with Crippen molar-refractivity contribution >= 4 is 5.97 Å². The molecule has 1 rings (SSSR count). The van der Waals surface area contributed by atoms with E-state index >= 15 is 0 Å². The number of carbonyl (C=O) groups is 1. The van der Waals surface area contributed by atoms with E-state index in [4.69, 9.17) is 26.4 Å². The Bertz CT molecular complexity index is 300. The highest BCUT2D eigenvalue weighted by Crippen LogP contribution is 2.19. The average molecular weight is 255 g/mol. The number of rotatable bonds is 6. The van der Waals surface area contributed by atoms with Crippen molar-refractivity contribution in [2.24, 2.45) is 5.73 Å². The Balaban J connectivity index is 2.27. The van der Waals surface area contributed by atoms with Crippen molar-refractivity contribution in [3.63, 3.8) is 0 Å². The van der Waals surface area contributed by atoms with Crippen LogP contribution in [0, 0.1) is 12.3 Å². The lowest BCUT2D eigenvalue weighted by atomic mass is 10.0. The summed E-state index contributed by atoms with van der Waals surface area (Å²) in [5, 5.41) is 0. The summed E-state index contributed by atoms with van der Waals surface area (Å²) in [4.78, 5) is 10.7. The fourth-order valence-corrected chi connectivity index (χ4v) is 1.74. The number of terminal acetylenes is 1. The van der Waals surface area contributed by atoms with E-state index in [2.05, 4.69) is 5.92 Å². The van der Waals surface area contributed by atoms with Gasteiger partial charge in [0.05, 0.1) is 18.8 Å². The highest BCUT2D eigenvalue weighted by molar-refractivity contribution is 5.65. The van der Waals surface area contributed by atoms with Crippen LogP contribution in [0.3, 0.4) is 0 Å². The Hall–Kier alpha value is -1.09. The zero-order chi connectivity index (χ0) is 13.4. The van der Waals surface area contributed by atoms with E-state index < -0.39 is 6.29 Å². The van der Waals surface area contributed by atoms with E-state index in [9.17, 15) is 4.79 Å². The monoisotopic (exact) mass is 255 g/mol. The molecule has 0 unspecified atom stereocenters. The number of unbranched alkanes of at least 4 members (excludes halogenated alkanes) is 1. The maximum absolute atomic E-state index is 10.7. The molecule has 1 saturated heterocycles. The Morgan fingerprint density at radius 2 is 2.33 bits per heavy atom. The van der Waals surface area contributed by atoms with Crippen LogP contribution in [0.5, 0.6) is 0 Å². The van der Waals surface area contributed by atoms with Gasteiger partial charge < -0.3 is 19.9 Å². The standard InChI is InChI=1S/C13H21NO4/c1-3-4-5-8-16-13-12(14)7-6-11(18-13)9-17-10(2)15/h1,11-13H,4-9,14H2,2H3/t11-,12+,13+/m1/s1. The van der Waals surface area contributed by atoms with Crippen molar-refractivity contribution in [1.29, 1.82) is 0 Å². The van der Waals surface area contributed by atoms with Crippen LogP contribution in [-0.4, -0.2) is 37.6 Å². The maximum Gasteiger partial charge on any atom is 0.302 e. The molecule has 0 amide bonds. The molecule has 1 aliphatic heterocycles. The average Bonchev–Trinajstić information content (AvgIpc) is 2.35. The molecule has 0 saturated carbocycles. The van der Waals surface area contributed by atoms with E-state index in [1.54, 1.807) is 0 Å². The van der Waals surface area contributed by atoms with Crippen molar-refractivity contribution in [3.05, 3.63) is 0 Å². The molecule has 5 heteroatoms. The fourth-order valence-electron chi connectivity index (χ4n) is 1.74. The maximum atomic E-state index is 10.7. The van der Waals surface area contributed by atoms with Crippen molar-refractivity contribution in [2.45, 2.75) is 51.0 Å². The van der Waals surface area contributed by atoms with Gasteiger partial charge in [-0.15, -0.1) is 12.3 Å². The first-order chi connectivity index (χ1) is 8.63. The van der Waals surface area contributed by atoms with Crippen LogP contribution >= 0.6 is 0 Å². The van der Waals surface area contributed by atoms with E-state index in [1.807, 2.05) is 0 Å². The molecule has 1 aliphatic rings. The van der Waals surface area contributed by atoms with Crippen molar-refractivity contribution in [2.75, 3.05) is 13.2 Å². The van der Waals surface area contributed by atoms with E-state index in [1.165, 1.54) is 6.92 Å². The van der Waals surface area contributed by atoms with Crippen molar-refractivity contribution < 1.29 is 19.0 Å². The number of nitrogens with two attached hydrogens (primary N) is 1. The zero-order valence-corrected chi connectivity index (χ0v) is 10.8. The lowest BCUT2D eigenvalue weighted by molar-refractivity contribution is -0.213. The van der Waals surface area contributed by atoms with E-state index in [0.29, 0.717) is 13.0 Å². The van der Waals surface area contributed by atoms with Crippen molar-refractivity contribution in [1.82, 2.24) is 0 Å². The SMILES string of the molecule is C#CCCCO[C@H]1O[C@@H](COC(C)=O)CC[C@@H]1N. The number of hydrogen-bond donors (Lipinski definition) is 1. The quantitative estimate of drug-likeness (QED) is 0.432. The first-order valence-electron chi connectivity index (χ1n) is 6.23. The Morgan fingerprint density at radius 1 is 1.56 bits per heavy atom.